The van der Waals surface area contributed by atoms with E-state index in [2.05, 4.69) is 87.0 Å². The number of rotatable bonds is 12. The third-order valence-corrected chi connectivity index (χ3v) is 12.9. The lowest BCUT2D eigenvalue weighted by atomic mass is 9.84. The Hall–Kier alpha value is -10.7. The summed E-state index contributed by atoms with van der Waals surface area (Å²) in [5.74, 6) is 32.3. The molecule has 0 radical (unpaired) electrons. The molecule has 1 aliphatic rings. The molecule has 9 N–H and O–H groups in total. The molecule has 6 aromatic carbocycles. The number of nitrogens with one attached hydrogen (secondary N) is 3. The Bertz CT molecular complexity index is 3820. The van der Waals surface area contributed by atoms with Crippen LogP contribution in [0, 0.1) is 71.0 Å². The van der Waals surface area contributed by atoms with Crippen LogP contribution in [-0.4, -0.2) is 81.6 Å². The van der Waals surface area contributed by atoms with E-state index in [0.717, 1.165) is 35.3 Å². The predicted molar refractivity (Wildman–Crippen MR) is 375 cm³/mol. The van der Waals surface area contributed by atoms with Crippen LogP contribution in [0.1, 0.15) is 150 Å². The normalized spacial score (nSPS) is 12.8. The van der Waals surface area contributed by atoms with Gasteiger partial charge in [-0.3, -0.25) is 14.4 Å². The molecule has 6 aromatic rings. The van der Waals surface area contributed by atoms with Crippen molar-refractivity contribution in [2.75, 3.05) is 16.0 Å². The van der Waals surface area contributed by atoms with Gasteiger partial charge in [0, 0.05) is 52.0 Å². The first-order valence-electron chi connectivity index (χ1n) is 29.9. The molecule has 12 nitrogen and oxygen atoms in total. The summed E-state index contributed by atoms with van der Waals surface area (Å²) < 4.78 is 0. The molecule has 1 fully saturated rings. The number of carbonyl (C=O) groups is 3. The molecule has 1 aliphatic carbocycles. The maximum absolute atomic E-state index is 15.3. The minimum atomic E-state index is -1.49. The van der Waals surface area contributed by atoms with E-state index in [-0.39, 0.29) is 50.4 Å². The van der Waals surface area contributed by atoms with Crippen molar-refractivity contribution in [3.8, 4) is 71.0 Å². The van der Waals surface area contributed by atoms with Crippen LogP contribution in [0.2, 0.25) is 0 Å². The first-order valence-corrected chi connectivity index (χ1v) is 29.9. The molecule has 93 heavy (non-hydrogen) atoms. The molecule has 0 atom stereocenters. The van der Waals surface area contributed by atoms with Gasteiger partial charge in [-0.25, -0.2) is 0 Å². The van der Waals surface area contributed by atoms with E-state index in [4.69, 9.17) is 0 Å². The molecule has 7 rings (SSSR count). The van der Waals surface area contributed by atoms with Gasteiger partial charge in [-0.15, -0.1) is 0 Å². The van der Waals surface area contributed by atoms with E-state index in [1.807, 2.05) is 127 Å². The standard InChI is InChI=1S/C81H75N3O9/c1-76(2,88)40-34-61-46-58(31-28-55-22-16-13-17-23-55)47-62(35-41-77(3,4)89)70(61)82-52-67-73(85)68(53-83-71-63(36-42-78(5,6)90)48-59(32-29-56-24-18-14-19-25-56)49-64(71)37-43-79(7,8)91)75(87)69(74(67)86)54-84-72-65(38-44-80(9,10)92)50-60(33-30-57-26-20-15-21-27-57)51-66(72)39-45-81(11,12)93/h13-33,46-54,82-84,88-93H,1-12H3/b31-28+,32-29+,33-30+,67-52?,68-53?,69-54?. The fourth-order valence-electron chi connectivity index (χ4n) is 8.50. The lowest BCUT2D eigenvalue weighted by molar-refractivity contribution is -0.124. The van der Waals surface area contributed by atoms with Gasteiger partial charge in [-0.05, 0) is 153 Å². The molecule has 12 heteroatoms. The highest BCUT2D eigenvalue weighted by atomic mass is 16.3. The van der Waals surface area contributed by atoms with Gasteiger partial charge in [-0.1, -0.05) is 198 Å². The zero-order valence-electron chi connectivity index (χ0n) is 54.2. The van der Waals surface area contributed by atoms with E-state index in [1.54, 1.807) is 36.4 Å². The van der Waals surface area contributed by atoms with Crippen LogP contribution in [0.5, 0.6) is 0 Å². The van der Waals surface area contributed by atoms with Crippen molar-refractivity contribution in [2.24, 2.45) is 0 Å². The molecular formula is C81H75N3O9. The monoisotopic (exact) mass is 1230 g/mol. The SMILES string of the molecule is CC(C)(O)C#Cc1cc(/C=C/c2ccccc2)cc(C#CC(C)(C)O)c1NC=C1C(=O)C(=CNc2c(C#CC(C)(C)O)cc(/C=C/c3ccccc3)cc2C#CC(C)(C)O)C(=O)C(=CNc2c(C#CC(C)(C)O)cc(/C=C/c3ccccc3)cc2C#CC(C)(C)O)C1=O. The maximum atomic E-state index is 15.3. The summed E-state index contributed by atoms with van der Waals surface area (Å²) in [5, 5.41) is 74.8. The molecule has 0 amide bonds. The minimum Gasteiger partial charge on any atom is -0.378 e. The highest BCUT2D eigenvalue weighted by Gasteiger charge is 2.39. The third-order valence-electron chi connectivity index (χ3n) is 12.9. The average Bonchev–Trinajstić information content (AvgIpc) is 0.784. The highest BCUT2D eigenvalue weighted by molar-refractivity contribution is 6.52. The van der Waals surface area contributed by atoms with Crippen LogP contribution < -0.4 is 16.0 Å². The number of hydrogen-bond acceptors (Lipinski definition) is 12. The van der Waals surface area contributed by atoms with Gasteiger partial charge >= 0.3 is 0 Å². The number of ketones is 3. The number of Topliss-reactive ketones (excluding diaryl/α,β-unsaturated/α-hetero) is 3. The zero-order chi connectivity index (χ0) is 67.9. The molecule has 0 heterocycles. The second-order valence-electron chi connectivity index (χ2n) is 25.2. The van der Waals surface area contributed by atoms with Gasteiger partial charge in [0.1, 0.15) is 33.6 Å². The van der Waals surface area contributed by atoms with E-state index in [0.29, 0.717) is 16.7 Å². The molecule has 1 saturated carbocycles. The molecule has 0 saturated heterocycles. The van der Waals surface area contributed by atoms with Crippen molar-refractivity contribution in [1.29, 1.82) is 0 Å². The molecule has 0 aliphatic heterocycles. The fourth-order valence-corrected chi connectivity index (χ4v) is 8.50. The van der Waals surface area contributed by atoms with Crippen LogP contribution in [0.25, 0.3) is 36.5 Å². The Balaban J connectivity index is 1.51. The van der Waals surface area contributed by atoms with E-state index in [1.165, 1.54) is 83.1 Å². The third kappa shape index (κ3) is 22.3. The number of anilines is 3. The van der Waals surface area contributed by atoms with Gasteiger partial charge < -0.3 is 46.6 Å². The van der Waals surface area contributed by atoms with E-state index < -0.39 is 67.7 Å². The highest BCUT2D eigenvalue weighted by Crippen LogP contribution is 2.32. The molecule has 0 unspecified atom stereocenters. The van der Waals surface area contributed by atoms with Crippen molar-refractivity contribution in [1.82, 2.24) is 0 Å². The first-order chi connectivity index (χ1) is 43.6. The molecule has 0 aromatic heterocycles. The average molecular weight is 1230 g/mol. The largest absolute Gasteiger partial charge is 0.378 e. The lowest BCUT2D eigenvalue weighted by Crippen LogP contribution is -2.33. The predicted octanol–water partition coefficient (Wildman–Crippen LogP) is 11.9. The Morgan fingerprint density at radius 2 is 0.452 bits per heavy atom. The second-order valence-corrected chi connectivity index (χ2v) is 25.2. The minimum absolute atomic E-state index is 0.176. The summed E-state index contributed by atoms with van der Waals surface area (Å²) in [5.41, 5.74) is -3.84. The Morgan fingerprint density at radius 3 is 0.624 bits per heavy atom. The number of allylic oxidation sites excluding steroid dienone is 3. The van der Waals surface area contributed by atoms with Crippen LogP contribution in [0.4, 0.5) is 17.1 Å². The van der Waals surface area contributed by atoms with Gasteiger partial charge in [-0.2, -0.15) is 0 Å². The maximum Gasteiger partial charge on any atom is 0.203 e. The Labute approximate surface area is 546 Å². The van der Waals surface area contributed by atoms with Crippen LogP contribution in [0.15, 0.2) is 163 Å². The summed E-state index contributed by atoms with van der Waals surface area (Å²) in [6, 6.07) is 39.0. The Kier molecular flexibility index (Phi) is 22.1. The first kappa shape index (κ1) is 69.8. The number of carbonyl (C=O) groups excluding carboxylic acids is 3. The van der Waals surface area contributed by atoms with Crippen molar-refractivity contribution in [3.63, 3.8) is 0 Å². The van der Waals surface area contributed by atoms with Crippen molar-refractivity contribution >= 4 is 70.9 Å². The van der Waals surface area contributed by atoms with E-state index >= 15 is 14.4 Å². The smallest absolute Gasteiger partial charge is 0.203 e. The lowest BCUT2D eigenvalue weighted by Gasteiger charge is -2.20. The summed E-state index contributed by atoms with van der Waals surface area (Å²) in [6.45, 7) is 18.1. The van der Waals surface area contributed by atoms with Crippen molar-refractivity contribution < 1.29 is 45.0 Å². The topological polar surface area (TPSA) is 209 Å². The number of benzene rings is 6. The summed E-state index contributed by atoms with van der Waals surface area (Å²) >= 11 is 0. The number of aliphatic hydroxyl groups is 6. The van der Waals surface area contributed by atoms with Crippen LogP contribution >= 0.6 is 0 Å². The van der Waals surface area contributed by atoms with Crippen LogP contribution in [0.3, 0.4) is 0 Å². The van der Waals surface area contributed by atoms with Gasteiger partial charge in [0.05, 0.1) is 33.8 Å². The van der Waals surface area contributed by atoms with Gasteiger partial charge in [0.15, 0.2) is 0 Å². The van der Waals surface area contributed by atoms with Crippen LogP contribution in [-0.2, 0) is 14.4 Å². The van der Waals surface area contributed by atoms with Crippen molar-refractivity contribution in [3.05, 3.63) is 229 Å². The van der Waals surface area contributed by atoms with Crippen molar-refractivity contribution in [2.45, 2.75) is 117 Å². The zero-order valence-corrected chi connectivity index (χ0v) is 54.2. The summed E-state index contributed by atoms with van der Waals surface area (Å²) in [4.78, 5) is 46.0. The second kappa shape index (κ2) is 29.5. The van der Waals surface area contributed by atoms with Gasteiger partial charge in [0.25, 0.3) is 0 Å². The van der Waals surface area contributed by atoms with Gasteiger partial charge in [0.2, 0.25) is 17.3 Å². The Morgan fingerprint density at radius 1 is 0.280 bits per heavy atom. The molecule has 0 bridgehead atoms. The summed E-state index contributed by atoms with van der Waals surface area (Å²) in [6.07, 6.45) is 14.6. The molecule has 0 spiro atoms. The molecular weight excluding hydrogens is 1160 g/mol. The molecule has 468 valence electrons. The van der Waals surface area contributed by atoms with E-state index in [9.17, 15) is 30.6 Å². The number of hydrogen-bond donors (Lipinski definition) is 9. The summed E-state index contributed by atoms with van der Waals surface area (Å²) in [7, 11) is 0. The fraction of sp³-hybridized carbons (Fsp3) is 0.222. The quantitative estimate of drug-likeness (QED) is 0.0243.